The molecule has 0 saturated carbocycles. The molecule has 3 N–H and O–H groups in total. The smallest absolute Gasteiger partial charge is 0.374 e. The summed E-state index contributed by atoms with van der Waals surface area (Å²) in [5.41, 5.74) is 0.685. The molecule has 0 atom stereocenters. The van der Waals surface area contributed by atoms with Crippen LogP contribution in [0.4, 0.5) is 21.0 Å². The predicted molar refractivity (Wildman–Crippen MR) is 119 cm³/mol. The molecule has 0 aromatic heterocycles. The fraction of sp³-hybridized carbons (Fsp3) is 0.100. The van der Waals surface area contributed by atoms with Crippen molar-refractivity contribution in [1.29, 1.82) is 5.26 Å². The fourth-order valence-electron chi connectivity index (χ4n) is 2.55. The monoisotopic (exact) mass is 475 g/mol. The molecule has 0 unspecified atom stereocenters. The average Bonchev–Trinajstić information content (AvgIpc) is 2.72. The van der Waals surface area contributed by atoms with E-state index in [4.69, 9.17) is 9.66 Å². The Morgan fingerprint density at radius 1 is 1.19 bits per heavy atom. The van der Waals surface area contributed by atoms with Crippen LogP contribution in [-0.4, -0.2) is 41.1 Å². The summed E-state index contributed by atoms with van der Waals surface area (Å²) in [5, 5.41) is 18.5. The number of carbonyl (C=O) groups excluding carboxylic acids is 2. The standard InChI is InChI=1S/C20H17N3O7S2/c1-2-23(19(25)31-20(26)27)16-8-6-13(7-9-16)10-14(12-21)18(24)22-15-4-3-5-17(11-15)32(28,29)30/h3-11H,2H2,1H3,(H,22,24)(H,26,27)(H,28,29,30). The number of nitriles is 1. The van der Waals surface area contributed by atoms with E-state index >= 15 is 0 Å². The summed E-state index contributed by atoms with van der Waals surface area (Å²) in [4.78, 5) is 36.0. The van der Waals surface area contributed by atoms with Gasteiger partial charge in [-0.25, -0.2) is 4.79 Å². The summed E-state index contributed by atoms with van der Waals surface area (Å²) in [7, 11) is -4.45. The number of benzene rings is 2. The highest BCUT2D eigenvalue weighted by atomic mass is 32.2. The zero-order chi connectivity index (χ0) is 23.9. The third kappa shape index (κ3) is 6.67. The molecule has 0 heterocycles. The van der Waals surface area contributed by atoms with Gasteiger partial charge >= 0.3 is 5.30 Å². The zero-order valence-electron chi connectivity index (χ0n) is 16.5. The molecule has 0 bridgehead atoms. The van der Waals surface area contributed by atoms with E-state index in [1.807, 2.05) is 0 Å². The third-order valence-electron chi connectivity index (χ3n) is 3.98. The molecular weight excluding hydrogens is 458 g/mol. The van der Waals surface area contributed by atoms with E-state index < -0.39 is 31.5 Å². The van der Waals surface area contributed by atoms with Gasteiger partial charge < -0.3 is 15.3 Å². The van der Waals surface area contributed by atoms with Crippen molar-refractivity contribution in [3.8, 4) is 6.07 Å². The molecule has 0 aliphatic rings. The lowest BCUT2D eigenvalue weighted by atomic mass is 10.1. The van der Waals surface area contributed by atoms with Crippen LogP contribution in [0, 0.1) is 11.3 Å². The maximum Gasteiger partial charge on any atom is 0.374 e. The Morgan fingerprint density at radius 3 is 2.38 bits per heavy atom. The first-order chi connectivity index (χ1) is 15.0. The maximum absolute atomic E-state index is 12.4. The summed E-state index contributed by atoms with van der Waals surface area (Å²) in [6, 6.07) is 12.8. The van der Waals surface area contributed by atoms with Crippen LogP contribution in [0.3, 0.4) is 0 Å². The minimum Gasteiger partial charge on any atom is -0.473 e. The Balaban J connectivity index is 2.21. The summed E-state index contributed by atoms with van der Waals surface area (Å²) in [5.74, 6) is -0.799. The highest BCUT2D eigenvalue weighted by molar-refractivity contribution is 8.25. The van der Waals surface area contributed by atoms with Crippen LogP contribution in [0.25, 0.3) is 6.08 Å². The molecule has 0 aliphatic carbocycles. The molecule has 12 heteroatoms. The van der Waals surface area contributed by atoms with Gasteiger partial charge in [0.15, 0.2) is 0 Å². The maximum atomic E-state index is 12.4. The number of anilines is 2. The van der Waals surface area contributed by atoms with E-state index in [0.29, 0.717) is 11.3 Å². The molecule has 0 radical (unpaired) electrons. The minimum atomic E-state index is -4.45. The lowest BCUT2D eigenvalue weighted by Gasteiger charge is -2.19. The first kappa shape index (κ1) is 24.6. The first-order valence-corrected chi connectivity index (χ1v) is 11.1. The molecule has 0 saturated heterocycles. The van der Waals surface area contributed by atoms with Crippen LogP contribution in [0.2, 0.25) is 0 Å². The van der Waals surface area contributed by atoms with Crippen molar-refractivity contribution in [1.82, 2.24) is 0 Å². The second-order valence-corrected chi connectivity index (χ2v) is 8.42. The predicted octanol–water partition coefficient (Wildman–Crippen LogP) is 3.84. The van der Waals surface area contributed by atoms with E-state index in [0.717, 1.165) is 12.1 Å². The Kier molecular flexibility index (Phi) is 8.14. The van der Waals surface area contributed by atoms with Crippen molar-refractivity contribution in [2.45, 2.75) is 11.8 Å². The van der Waals surface area contributed by atoms with Gasteiger partial charge in [-0.05, 0) is 48.9 Å². The van der Waals surface area contributed by atoms with Crippen LogP contribution in [0.1, 0.15) is 12.5 Å². The molecule has 2 amide bonds. The molecule has 2 aromatic rings. The SMILES string of the molecule is CCN(C(=O)SC(=O)O)c1ccc(C=C(C#N)C(=O)Nc2cccc(S(=O)(=O)O)c2)cc1. The average molecular weight is 476 g/mol. The van der Waals surface area contributed by atoms with Crippen molar-refractivity contribution < 1.29 is 32.5 Å². The normalized spacial score (nSPS) is 11.3. The van der Waals surface area contributed by atoms with Crippen LogP contribution < -0.4 is 10.2 Å². The van der Waals surface area contributed by atoms with Gasteiger partial charge in [-0.1, -0.05) is 18.2 Å². The van der Waals surface area contributed by atoms with Gasteiger partial charge in [-0.3, -0.25) is 14.1 Å². The van der Waals surface area contributed by atoms with Crippen LogP contribution in [0.5, 0.6) is 0 Å². The highest BCUT2D eigenvalue weighted by Gasteiger charge is 2.18. The van der Waals surface area contributed by atoms with E-state index in [9.17, 15) is 28.1 Å². The van der Waals surface area contributed by atoms with Gasteiger partial charge in [0.25, 0.3) is 21.3 Å². The number of carboxylic acid groups (broad SMARTS) is 1. The number of carbonyl (C=O) groups is 3. The van der Waals surface area contributed by atoms with E-state index in [1.54, 1.807) is 25.1 Å². The molecule has 2 rings (SSSR count). The van der Waals surface area contributed by atoms with E-state index in [2.05, 4.69) is 5.32 Å². The van der Waals surface area contributed by atoms with Crippen LogP contribution in [0.15, 0.2) is 59.0 Å². The number of hydrogen-bond donors (Lipinski definition) is 3. The van der Waals surface area contributed by atoms with Gasteiger partial charge in [-0.2, -0.15) is 13.7 Å². The largest absolute Gasteiger partial charge is 0.473 e. The fourth-order valence-corrected chi connectivity index (χ4v) is 3.57. The van der Waals surface area contributed by atoms with Gasteiger partial charge in [0.05, 0.1) is 16.7 Å². The summed E-state index contributed by atoms with van der Waals surface area (Å²) >= 11 is 0.150. The Morgan fingerprint density at radius 2 is 1.84 bits per heavy atom. The number of nitrogens with zero attached hydrogens (tertiary/aromatic N) is 2. The van der Waals surface area contributed by atoms with Crippen LogP contribution in [-0.2, 0) is 14.9 Å². The number of thioether (sulfide) groups is 1. The van der Waals surface area contributed by atoms with Crippen molar-refractivity contribution in [3.63, 3.8) is 0 Å². The second kappa shape index (κ2) is 10.6. The molecule has 0 fully saturated rings. The van der Waals surface area contributed by atoms with Crippen molar-refractivity contribution in [2.75, 3.05) is 16.8 Å². The number of hydrogen-bond acceptors (Lipinski definition) is 7. The van der Waals surface area contributed by atoms with Gasteiger partial charge in [0.2, 0.25) is 0 Å². The van der Waals surface area contributed by atoms with Crippen LogP contribution >= 0.6 is 11.8 Å². The Bertz CT molecular complexity index is 1220. The van der Waals surface area contributed by atoms with Gasteiger partial charge in [0.1, 0.15) is 11.6 Å². The summed E-state index contributed by atoms with van der Waals surface area (Å²) in [6.07, 6.45) is 1.29. The van der Waals surface area contributed by atoms with Crippen molar-refractivity contribution in [3.05, 3.63) is 59.7 Å². The van der Waals surface area contributed by atoms with Gasteiger partial charge in [-0.15, -0.1) is 0 Å². The molecule has 0 aliphatic heterocycles. The first-order valence-electron chi connectivity index (χ1n) is 8.88. The quantitative estimate of drug-likeness (QED) is 0.320. The lowest BCUT2D eigenvalue weighted by Crippen LogP contribution is -2.27. The topological polar surface area (TPSA) is 165 Å². The summed E-state index contributed by atoms with van der Waals surface area (Å²) < 4.78 is 31.5. The molecule has 10 nitrogen and oxygen atoms in total. The zero-order valence-corrected chi connectivity index (χ0v) is 18.2. The molecule has 32 heavy (non-hydrogen) atoms. The number of amides is 2. The highest BCUT2D eigenvalue weighted by Crippen LogP contribution is 2.22. The van der Waals surface area contributed by atoms with Gasteiger partial charge in [0, 0.05) is 17.9 Å². The van der Waals surface area contributed by atoms with Crippen molar-refractivity contribution in [2.24, 2.45) is 0 Å². The molecular formula is C20H17N3O7S2. The minimum absolute atomic E-state index is 0.0645. The number of nitrogens with one attached hydrogen (secondary N) is 1. The summed E-state index contributed by atoms with van der Waals surface area (Å²) in [6.45, 7) is 1.92. The Hall–Kier alpha value is -3.66. The second-order valence-electron chi connectivity index (χ2n) is 6.10. The van der Waals surface area contributed by atoms with E-state index in [-0.39, 0.29) is 29.6 Å². The molecule has 166 valence electrons. The molecule has 2 aromatic carbocycles. The lowest BCUT2D eigenvalue weighted by molar-refractivity contribution is -0.112. The van der Waals surface area contributed by atoms with E-state index in [1.165, 1.54) is 35.2 Å². The third-order valence-corrected chi connectivity index (χ3v) is 5.40. The Labute approximate surface area is 187 Å². The molecule has 0 spiro atoms. The van der Waals surface area contributed by atoms with Crippen molar-refractivity contribution >= 4 is 55.8 Å². The number of rotatable bonds is 6.